The Morgan fingerprint density at radius 1 is 1.41 bits per heavy atom. The van der Waals surface area contributed by atoms with Gasteiger partial charge in [0, 0.05) is 11.3 Å². The molecule has 1 aliphatic carbocycles. The van der Waals surface area contributed by atoms with Gasteiger partial charge in [-0.1, -0.05) is 0 Å². The molecular weight excluding hydrogens is 236 g/mol. The summed E-state index contributed by atoms with van der Waals surface area (Å²) in [5, 5.41) is 19.7. The van der Waals surface area contributed by atoms with E-state index in [0.717, 1.165) is 11.1 Å². The fourth-order valence-electron chi connectivity index (χ4n) is 2.22. The van der Waals surface area contributed by atoms with E-state index in [2.05, 4.69) is 32.2 Å². The number of nitrogens with zero attached hydrogens (tertiary/aromatic N) is 5. The van der Waals surface area contributed by atoms with Crippen LogP contribution in [0.2, 0.25) is 0 Å². The minimum absolute atomic E-state index is 0.522. The Morgan fingerprint density at radius 2 is 2.35 bits per heavy atom. The average Bonchev–Trinajstić information content (AvgIpc) is 2.96. The Kier molecular flexibility index (Phi) is 2.84. The summed E-state index contributed by atoms with van der Waals surface area (Å²) in [6.07, 6.45) is 5.88. The van der Waals surface area contributed by atoms with Crippen molar-refractivity contribution in [3.05, 3.63) is 12.1 Å². The second kappa shape index (κ2) is 4.48. The van der Waals surface area contributed by atoms with E-state index in [9.17, 15) is 0 Å². The fraction of sp³-hybridized carbons (Fsp3) is 0.600. The zero-order valence-corrected chi connectivity index (χ0v) is 10.4. The van der Waals surface area contributed by atoms with Crippen molar-refractivity contribution in [3.8, 4) is 0 Å². The molecule has 0 amide bonds. The van der Waals surface area contributed by atoms with Gasteiger partial charge in [-0.2, -0.15) is 11.8 Å². The highest BCUT2D eigenvalue weighted by molar-refractivity contribution is 7.99. The molecule has 0 bridgehead atoms. The predicted molar refractivity (Wildman–Crippen MR) is 67.1 cm³/mol. The zero-order valence-electron chi connectivity index (χ0n) is 9.58. The van der Waals surface area contributed by atoms with Crippen molar-refractivity contribution in [3.63, 3.8) is 0 Å². The minimum Gasteiger partial charge on any atom is -0.366 e. The van der Waals surface area contributed by atoms with Gasteiger partial charge in [0.1, 0.15) is 5.82 Å². The van der Waals surface area contributed by atoms with Gasteiger partial charge in [-0.15, -0.1) is 14.8 Å². The number of thioether (sulfide) groups is 1. The van der Waals surface area contributed by atoms with Crippen molar-refractivity contribution >= 4 is 23.2 Å². The van der Waals surface area contributed by atoms with E-state index in [4.69, 9.17) is 0 Å². The third-order valence-corrected chi connectivity index (χ3v) is 4.23. The first-order valence-electron chi connectivity index (χ1n) is 5.70. The molecule has 2 heterocycles. The van der Waals surface area contributed by atoms with Gasteiger partial charge >= 0.3 is 0 Å². The van der Waals surface area contributed by atoms with Gasteiger partial charge in [0.2, 0.25) is 0 Å². The molecule has 2 atom stereocenters. The largest absolute Gasteiger partial charge is 0.366 e. The van der Waals surface area contributed by atoms with Gasteiger partial charge in [-0.25, -0.2) is 0 Å². The first-order chi connectivity index (χ1) is 8.35. The van der Waals surface area contributed by atoms with Gasteiger partial charge in [-0.3, -0.25) is 0 Å². The molecule has 1 fully saturated rings. The van der Waals surface area contributed by atoms with Crippen LogP contribution in [0.25, 0.3) is 5.65 Å². The van der Waals surface area contributed by atoms with Crippen molar-refractivity contribution in [2.24, 2.45) is 0 Å². The van der Waals surface area contributed by atoms with E-state index >= 15 is 0 Å². The number of fused-ring (bicyclic) bond motifs is 1. The molecule has 0 aromatic carbocycles. The lowest BCUT2D eigenvalue weighted by molar-refractivity contribution is 0.710. The quantitative estimate of drug-likeness (QED) is 0.883. The standard InChI is InChI=1S/C10H14N6S/c1-17-8-3-2-7(6-8)11-9-4-5-10-12-14-15-16(10)13-9/h4-5,7-8H,2-3,6H2,1H3,(H,11,13). The topological polar surface area (TPSA) is 68.0 Å². The molecule has 0 aliphatic heterocycles. The molecule has 17 heavy (non-hydrogen) atoms. The van der Waals surface area contributed by atoms with Crippen LogP contribution in [0.15, 0.2) is 12.1 Å². The average molecular weight is 250 g/mol. The normalized spacial score (nSPS) is 24.3. The Morgan fingerprint density at radius 3 is 3.18 bits per heavy atom. The summed E-state index contributed by atoms with van der Waals surface area (Å²) in [5.74, 6) is 0.844. The summed E-state index contributed by atoms with van der Waals surface area (Å²) < 4.78 is 1.45. The number of tetrazole rings is 1. The third-order valence-electron chi connectivity index (χ3n) is 3.14. The summed E-state index contributed by atoms with van der Waals surface area (Å²) in [5.41, 5.74) is 0.670. The second-order valence-corrected chi connectivity index (χ2v) is 5.40. The summed E-state index contributed by atoms with van der Waals surface area (Å²) in [7, 11) is 0. The van der Waals surface area contributed by atoms with Crippen molar-refractivity contribution in [2.45, 2.75) is 30.6 Å². The Bertz CT molecular complexity index is 512. The van der Waals surface area contributed by atoms with E-state index in [1.807, 2.05) is 23.9 Å². The van der Waals surface area contributed by atoms with E-state index in [0.29, 0.717) is 11.7 Å². The first kappa shape index (κ1) is 10.8. The van der Waals surface area contributed by atoms with Crippen LogP contribution < -0.4 is 5.32 Å². The Labute approximate surface area is 103 Å². The Hall–Kier alpha value is -1.37. The Balaban J connectivity index is 1.72. The van der Waals surface area contributed by atoms with Crippen LogP contribution in [0.4, 0.5) is 5.82 Å². The third kappa shape index (κ3) is 2.19. The second-order valence-electron chi connectivity index (χ2n) is 4.26. The summed E-state index contributed by atoms with van der Waals surface area (Å²) in [4.78, 5) is 0. The molecule has 1 N–H and O–H groups in total. The minimum atomic E-state index is 0.522. The van der Waals surface area contributed by atoms with Crippen LogP contribution in [0.3, 0.4) is 0 Å². The number of hydrogen-bond donors (Lipinski definition) is 1. The first-order valence-corrected chi connectivity index (χ1v) is 6.99. The SMILES string of the molecule is CSC1CCC(Nc2ccc3nnnn3n2)C1. The zero-order chi connectivity index (χ0) is 11.7. The fourth-order valence-corrected chi connectivity index (χ4v) is 3.02. The van der Waals surface area contributed by atoms with E-state index in [-0.39, 0.29) is 0 Å². The molecule has 1 aliphatic rings. The number of rotatable bonds is 3. The van der Waals surface area contributed by atoms with Crippen molar-refractivity contribution in [2.75, 3.05) is 11.6 Å². The van der Waals surface area contributed by atoms with E-state index in [1.165, 1.54) is 23.9 Å². The summed E-state index contributed by atoms with van der Waals surface area (Å²) in [6.45, 7) is 0. The molecule has 2 aromatic rings. The lowest BCUT2D eigenvalue weighted by Gasteiger charge is -2.12. The lowest BCUT2D eigenvalue weighted by Crippen LogP contribution is -2.17. The molecule has 1 saturated carbocycles. The van der Waals surface area contributed by atoms with Crippen LogP contribution in [0, 0.1) is 0 Å². The molecular formula is C10H14N6S. The molecule has 2 unspecified atom stereocenters. The number of anilines is 1. The van der Waals surface area contributed by atoms with Gasteiger partial charge in [0.15, 0.2) is 5.65 Å². The molecule has 0 spiro atoms. The maximum absolute atomic E-state index is 4.31. The van der Waals surface area contributed by atoms with Crippen LogP contribution in [0.5, 0.6) is 0 Å². The van der Waals surface area contributed by atoms with E-state index in [1.54, 1.807) is 0 Å². The van der Waals surface area contributed by atoms with E-state index < -0.39 is 0 Å². The van der Waals surface area contributed by atoms with Crippen molar-refractivity contribution in [1.29, 1.82) is 0 Å². The molecule has 7 heteroatoms. The smallest absolute Gasteiger partial charge is 0.200 e. The lowest BCUT2D eigenvalue weighted by atomic mass is 10.2. The van der Waals surface area contributed by atoms with Gasteiger partial charge in [-0.05, 0) is 48.1 Å². The number of hydrogen-bond acceptors (Lipinski definition) is 6. The number of nitrogens with one attached hydrogen (secondary N) is 1. The summed E-state index contributed by atoms with van der Waals surface area (Å²) >= 11 is 1.95. The number of aromatic nitrogens is 5. The molecule has 6 nitrogen and oxygen atoms in total. The van der Waals surface area contributed by atoms with Gasteiger partial charge in [0.25, 0.3) is 0 Å². The van der Waals surface area contributed by atoms with Crippen molar-refractivity contribution in [1.82, 2.24) is 25.3 Å². The maximum atomic E-state index is 4.31. The molecule has 0 radical (unpaired) electrons. The van der Waals surface area contributed by atoms with Crippen LogP contribution in [0.1, 0.15) is 19.3 Å². The highest BCUT2D eigenvalue weighted by Gasteiger charge is 2.23. The molecule has 2 aromatic heterocycles. The predicted octanol–water partition coefficient (Wildman–Crippen LogP) is 1.22. The van der Waals surface area contributed by atoms with Crippen LogP contribution in [-0.2, 0) is 0 Å². The molecule has 3 rings (SSSR count). The summed E-state index contributed by atoms with van der Waals surface area (Å²) in [6, 6.07) is 4.32. The maximum Gasteiger partial charge on any atom is 0.200 e. The van der Waals surface area contributed by atoms with Crippen LogP contribution in [-0.4, -0.2) is 42.8 Å². The highest BCUT2D eigenvalue weighted by Crippen LogP contribution is 2.29. The monoisotopic (exact) mass is 250 g/mol. The van der Waals surface area contributed by atoms with Gasteiger partial charge in [0.05, 0.1) is 0 Å². The van der Waals surface area contributed by atoms with Gasteiger partial charge < -0.3 is 5.32 Å². The highest BCUT2D eigenvalue weighted by atomic mass is 32.2. The van der Waals surface area contributed by atoms with Crippen molar-refractivity contribution < 1.29 is 0 Å². The molecule has 90 valence electrons. The van der Waals surface area contributed by atoms with Crippen LogP contribution >= 0.6 is 11.8 Å². The molecule has 0 saturated heterocycles.